The van der Waals surface area contributed by atoms with Crippen LogP contribution in [0.1, 0.15) is 18.0 Å². The van der Waals surface area contributed by atoms with Crippen LogP contribution in [-0.4, -0.2) is 28.9 Å². The number of alkyl halides is 3. The molecule has 0 fully saturated rings. The Balaban J connectivity index is 2.02. The predicted octanol–water partition coefficient (Wildman–Crippen LogP) is 2.87. The first-order valence-corrected chi connectivity index (χ1v) is 6.53. The molecule has 2 aromatic rings. The van der Waals surface area contributed by atoms with Crippen molar-refractivity contribution < 1.29 is 18.3 Å². The number of benzene rings is 1. The van der Waals surface area contributed by atoms with Gasteiger partial charge in [0.2, 0.25) is 0 Å². The Labute approximate surface area is 112 Å². The van der Waals surface area contributed by atoms with Crippen LogP contribution >= 0.6 is 11.3 Å². The summed E-state index contributed by atoms with van der Waals surface area (Å²) in [4.78, 5) is 4.35. The molecule has 0 saturated heterocycles. The number of aliphatic hydroxyl groups excluding tert-OH is 1. The number of fused-ring (bicyclic) bond motifs is 1. The van der Waals surface area contributed by atoms with Crippen LogP contribution in [0.15, 0.2) is 24.3 Å². The number of nitrogens with zero attached hydrogens (tertiary/aromatic N) is 1. The summed E-state index contributed by atoms with van der Waals surface area (Å²) < 4.78 is 37.5. The van der Waals surface area contributed by atoms with Gasteiger partial charge in [0.1, 0.15) is 5.01 Å². The van der Waals surface area contributed by atoms with Gasteiger partial charge in [0.05, 0.1) is 16.3 Å². The summed E-state index contributed by atoms with van der Waals surface area (Å²) in [5, 5.41) is 12.3. The van der Waals surface area contributed by atoms with E-state index in [-0.39, 0.29) is 6.04 Å². The lowest BCUT2D eigenvalue weighted by Crippen LogP contribution is -2.39. The fourth-order valence-electron chi connectivity index (χ4n) is 1.57. The minimum Gasteiger partial charge on any atom is -0.382 e. The molecule has 19 heavy (non-hydrogen) atoms. The average Bonchev–Trinajstić information content (AvgIpc) is 2.78. The van der Waals surface area contributed by atoms with Gasteiger partial charge in [-0.2, -0.15) is 13.2 Å². The van der Waals surface area contributed by atoms with Crippen molar-refractivity contribution in [2.75, 3.05) is 6.54 Å². The van der Waals surface area contributed by atoms with Gasteiger partial charge in [0.15, 0.2) is 6.10 Å². The van der Waals surface area contributed by atoms with E-state index in [1.807, 2.05) is 24.3 Å². The van der Waals surface area contributed by atoms with Gasteiger partial charge >= 0.3 is 6.18 Å². The number of hydrogen-bond acceptors (Lipinski definition) is 4. The van der Waals surface area contributed by atoms with E-state index in [2.05, 4.69) is 10.3 Å². The summed E-state index contributed by atoms with van der Waals surface area (Å²) in [5.41, 5.74) is 0.826. The van der Waals surface area contributed by atoms with E-state index in [0.29, 0.717) is 5.01 Å². The molecule has 3 nitrogen and oxygen atoms in total. The molecule has 0 aliphatic rings. The third-order valence-corrected chi connectivity index (χ3v) is 3.90. The standard InChI is InChI=1S/C12H13F3N2OS/c1-7(16-6-10(18)12(13,14)15)11-17-8-4-2-3-5-9(8)19-11/h2-5,7,10,16,18H,6H2,1H3. The van der Waals surface area contributed by atoms with E-state index in [1.54, 1.807) is 6.92 Å². The van der Waals surface area contributed by atoms with E-state index in [9.17, 15) is 13.2 Å². The van der Waals surface area contributed by atoms with Gasteiger partial charge in [-0.05, 0) is 19.1 Å². The van der Waals surface area contributed by atoms with Crippen molar-refractivity contribution in [3.8, 4) is 0 Å². The number of halogens is 3. The van der Waals surface area contributed by atoms with Crippen LogP contribution in [0.5, 0.6) is 0 Å². The van der Waals surface area contributed by atoms with E-state index in [4.69, 9.17) is 5.11 Å². The van der Waals surface area contributed by atoms with Crippen LogP contribution < -0.4 is 5.32 Å². The van der Waals surface area contributed by atoms with Gasteiger partial charge in [-0.15, -0.1) is 11.3 Å². The van der Waals surface area contributed by atoms with E-state index in [1.165, 1.54) is 11.3 Å². The number of para-hydroxylation sites is 1. The van der Waals surface area contributed by atoms with Crippen LogP contribution in [0.25, 0.3) is 10.2 Å². The average molecular weight is 290 g/mol. The number of hydrogen-bond donors (Lipinski definition) is 2. The molecule has 0 aliphatic heterocycles. The van der Waals surface area contributed by atoms with Crippen LogP contribution in [0, 0.1) is 0 Å². The third-order valence-electron chi connectivity index (χ3n) is 2.68. The normalized spacial score (nSPS) is 15.6. The van der Waals surface area contributed by atoms with E-state index >= 15 is 0 Å². The van der Waals surface area contributed by atoms with Crippen LogP contribution in [0.4, 0.5) is 13.2 Å². The van der Waals surface area contributed by atoms with Gasteiger partial charge < -0.3 is 10.4 Å². The second-order valence-electron chi connectivity index (χ2n) is 4.21. The Hall–Kier alpha value is -1.18. The molecule has 2 unspecified atom stereocenters. The fourth-order valence-corrected chi connectivity index (χ4v) is 2.56. The lowest BCUT2D eigenvalue weighted by atomic mass is 10.3. The Morgan fingerprint density at radius 3 is 2.68 bits per heavy atom. The van der Waals surface area contributed by atoms with Crippen molar-refractivity contribution in [1.29, 1.82) is 0 Å². The van der Waals surface area contributed by atoms with Crippen molar-refractivity contribution >= 4 is 21.6 Å². The molecule has 7 heteroatoms. The molecular weight excluding hydrogens is 277 g/mol. The van der Waals surface area contributed by atoms with Crippen LogP contribution in [0.3, 0.4) is 0 Å². The highest BCUT2D eigenvalue weighted by molar-refractivity contribution is 7.18. The minimum absolute atomic E-state index is 0.339. The van der Waals surface area contributed by atoms with E-state index in [0.717, 1.165) is 10.2 Å². The lowest BCUT2D eigenvalue weighted by molar-refractivity contribution is -0.202. The zero-order chi connectivity index (χ0) is 14.0. The van der Waals surface area contributed by atoms with Crippen LogP contribution in [0.2, 0.25) is 0 Å². The van der Waals surface area contributed by atoms with E-state index < -0.39 is 18.8 Å². The predicted molar refractivity (Wildman–Crippen MR) is 68.1 cm³/mol. The molecule has 2 rings (SSSR count). The maximum Gasteiger partial charge on any atom is 0.415 e. The first kappa shape index (κ1) is 14.2. The molecule has 0 radical (unpaired) electrons. The van der Waals surface area contributed by atoms with Gasteiger partial charge in [-0.25, -0.2) is 4.98 Å². The molecule has 104 valence electrons. The highest BCUT2D eigenvalue weighted by Crippen LogP contribution is 2.26. The molecule has 0 amide bonds. The quantitative estimate of drug-likeness (QED) is 0.910. The molecule has 1 aromatic heterocycles. The largest absolute Gasteiger partial charge is 0.415 e. The SMILES string of the molecule is CC(NCC(O)C(F)(F)F)c1nc2ccccc2s1. The molecule has 1 heterocycles. The summed E-state index contributed by atoms with van der Waals surface area (Å²) in [7, 11) is 0. The van der Waals surface area contributed by atoms with Crippen molar-refractivity contribution in [2.24, 2.45) is 0 Å². The molecule has 2 atom stereocenters. The maximum atomic E-state index is 12.2. The zero-order valence-electron chi connectivity index (χ0n) is 10.1. The number of aliphatic hydroxyl groups is 1. The van der Waals surface area contributed by atoms with Gasteiger partial charge in [-0.1, -0.05) is 12.1 Å². The van der Waals surface area contributed by atoms with Crippen molar-refractivity contribution in [3.63, 3.8) is 0 Å². The summed E-state index contributed by atoms with van der Waals surface area (Å²) in [5.74, 6) is 0. The zero-order valence-corrected chi connectivity index (χ0v) is 10.9. The second kappa shape index (κ2) is 5.44. The van der Waals surface area contributed by atoms with Crippen molar-refractivity contribution in [2.45, 2.75) is 25.2 Å². The first-order chi connectivity index (χ1) is 8.88. The Morgan fingerprint density at radius 1 is 1.37 bits per heavy atom. The van der Waals surface area contributed by atoms with Crippen LogP contribution in [-0.2, 0) is 0 Å². The van der Waals surface area contributed by atoms with Crippen molar-refractivity contribution in [3.05, 3.63) is 29.3 Å². The Morgan fingerprint density at radius 2 is 2.05 bits per heavy atom. The summed E-state index contributed by atoms with van der Waals surface area (Å²) in [6.45, 7) is 1.18. The molecule has 2 N–H and O–H groups in total. The molecule has 0 saturated carbocycles. The van der Waals surface area contributed by atoms with Crippen molar-refractivity contribution in [1.82, 2.24) is 10.3 Å². The smallest absolute Gasteiger partial charge is 0.382 e. The summed E-state index contributed by atoms with van der Waals surface area (Å²) in [6.07, 6.45) is -6.95. The third kappa shape index (κ3) is 3.43. The number of thiazole rings is 1. The molecular formula is C12H13F3N2OS. The molecule has 1 aromatic carbocycles. The number of aromatic nitrogens is 1. The second-order valence-corrected chi connectivity index (χ2v) is 5.27. The first-order valence-electron chi connectivity index (χ1n) is 5.71. The monoisotopic (exact) mass is 290 g/mol. The van der Waals surface area contributed by atoms with Gasteiger partial charge in [0, 0.05) is 6.54 Å². The summed E-state index contributed by atoms with van der Waals surface area (Å²) >= 11 is 1.43. The number of rotatable bonds is 4. The van der Waals surface area contributed by atoms with Gasteiger partial charge in [-0.3, -0.25) is 0 Å². The molecule has 0 bridgehead atoms. The topological polar surface area (TPSA) is 45.1 Å². The Bertz CT molecular complexity index is 522. The highest BCUT2D eigenvalue weighted by atomic mass is 32.1. The Kier molecular flexibility index (Phi) is 4.07. The highest BCUT2D eigenvalue weighted by Gasteiger charge is 2.38. The number of nitrogens with one attached hydrogen (secondary N) is 1. The molecule has 0 spiro atoms. The minimum atomic E-state index is -4.60. The molecule has 0 aliphatic carbocycles. The van der Waals surface area contributed by atoms with Gasteiger partial charge in [0.25, 0.3) is 0 Å². The lowest BCUT2D eigenvalue weighted by Gasteiger charge is -2.17. The fraction of sp³-hybridized carbons (Fsp3) is 0.417. The maximum absolute atomic E-state index is 12.2. The summed E-state index contributed by atoms with van der Waals surface area (Å²) in [6, 6.07) is 7.17.